The zero-order valence-corrected chi connectivity index (χ0v) is 15.2. The Morgan fingerprint density at radius 1 is 1.12 bits per heavy atom. The average molecular weight is 349 g/mol. The molecule has 0 heterocycles. The first-order valence-corrected chi connectivity index (χ1v) is 10.1. The number of ether oxygens (including phenoxy) is 1. The van der Waals surface area contributed by atoms with Gasteiger partial charge in [-0.1, -0.05) is 37.3 Å². The highest BCUT2D eigenvalue weighted by molar-refractivity contribution is 7.99. The SMILES string of the molecule is CCSC1CCC(NC2CC(NC(=O)OCc3ccccc3)C2)C1. The lowest BCUT2D eigenvalue weighted by atomic mass is 9.86. The number of rotatable bonds is 7. The lowest BCUT2D eigenvalue weighted by Crippen LogP contribution is -2.54. The van der Waals surface area contributed by atoms with Crippen molar-refractivity contribution >= 4 is 17.9 Å². The maximum absolute atomic E-state index is 11.8. The Balaban J connectivity index is 1.28. The summed E-state index contributed by atoms with van der Waals surface area (Å²) in [5, 5.41) is 7.57. The molecule has 2 N–H and O–H groups in total. The van der Waals surface area contributed by atoms with E-state index >= 15 is 0 Å². The molecule has 0 aliphatic heterocycles. The topological polar surface area (TPSA) is 50.4 Å². The fourth-order valence-corrected chi connectivity index (χ4v) is 4.76. The number of benzene rings is 1. The molecule has 2 saturated carbocycles. The van der Waals surface area contributed by atoms with Crippen molar-refractivity contribution in [2.75, 3.05) is 5.75 Å². The Morgan fingerprint density at radius 3 is 2.67 bits per heavy atom. The second-order valence-corrected chi connectivity index (χ2v) is 8.40. The molecule has 2 aliphatic rings. The minimum Gasteiger partial charge on any atom is -0.445 e. The van der Waals surface area contributed by atoms with Gasteiger partial charge in [0.15, 0.2) is 0 Å². The molecule has 0 spiro atoms. The lowest BCUT2D eigenvalue weighted by Gasteiger charge is -2.37. The van der Waals surface area contributed by atoms with E-state index in [1.807, 2.05) is 30.3 Å². The molecule has 5 heteroatoms. The minimum atomic E-state index is -0.303. The molecular weight excluding hydrogens is 320 g/mol. The van der Waals surface area contributed by atoms with E-state index in [1.165, 1.54) is 25.0 Å². The van der Waals surface area contributed by atoms with Crippen LogP contribution in [0, 0.1) is 0 Å². The number of carbonyl (C=O) groups excluding carboxylic acids is 1. The van der Waals surface area contributed by atoms with Gasteiger partial charge in [-0.05, 0) is 43.4 Å². The molecule has 3 rings (SSSR count). The van der Waals surface area contributed by atoms with Crippen LogP contribution in [0.5, 0.6) is 0 Å². The maximum Gasteiger partial charge on any atom is 0.407 e. The van der Waals surface area contributed by atoms with E-state index in [1.54, 1.807) is 0 Å². The van der Waals surface area contributed by atoms with E-state index in [2.05, 4.69) is 29.3 Å². The number of nitrogens with one attached hydrogen (secondary N) is 2. The van der Waals surface area contributed by atoms with E-state index in [0.717, 1.165) is 23.7 Å². The summed E-state index contributed by atoms with van der Waals surface area (Å²) in [6, 6.07) is 11.3. The van der Waals surface area contributed by atoms with Crippen molar-refractivity contribution in [2.45, 2.75) is 69.0 Å². The summed E-state index contributed by atoms with van der Waals surface area (Å²) in [5.41, 5.74) is 1.02. The summed E-state index contributed by atoms with van der Waals surface area (Å²) >= 11 is 2.09. The van der Waals surface area contributed by atoms with Crippen LogP contribution in [0.2, 0.25) is 0 Å². The monoisotopic (exact) mass is 348 g/mol. The quantitative estimate of drug-likeness (QED) is 0.789. The highest BCUT2D eigenvalue weighted by atomic mass is 32.2. The van der Waals surface area contributed by atoms with Crippen molar-refractivity contribution in [3.8, 4) is 0 Å². The van der Waals surface area contributed by atoms with Crippen LogP contribution in [0.15, 0.2) is 30.3 Å². The molecular formula is C19H28N2O2S. The minimum absolute atomic E-state index is 0.257. The van der Waals surface area contributed by atoms with Gasteiger partial charge in [0.05, 0.1) is 0 Å². The largest absolute Gasteiger partial charge is 0.445 e. The van der Waals surface area contributed by atoms with Crippen LogP contribution >= 0.6 is 11.8 Å². The lowest BCUT2D eigenvalue weighted by molar-refractivity contribution is 0.124. The molecule has 2 aliphatic carbocycles. The third kappa shape index (κ3) is 5.15. The van der Waals surface area contributed by atoms with E-state index in [-0.39, 0.29) is 12.1 Å². The summed E-state index contributed by atoms with van der Waals surface area (Å²) in [4.78, 5) is 11.8. The Labute approximate surface area is 149 Å². The highest BCUT2D eigenvalue weighted by Gasteiger charge is 2.34. The van der Waals surface area contributed by atoms with Crippen LogP contribution in [0.3, 0.4) is 0 Å². The van der Waals surface area contributed by atoms with Gasteiger partial charge >= 0.3 is 6.09 Å². The van der Waals surface area contributed by atoms with Crippen molar-refractivity contribution in [3.05, 3.63) is 35.9 Å². The third-order valence-corrected chi connectivity index (χ3v) is 6.16. The number of hydrogen-bond donors (Lipinski definition) is 2. The van der Waals surface area contributed by atoms with Gasteiger partial charge in [-0.3, -0.25) is 0 Å². The summed E-state index contributed by atoms with van der Waals surface area (Å²) in [7, 11) is 0. The van der Waals surface area contributed by atoms with Gasteiger partial charge in [0.1, 0.15) is 6.61 Å². The standard InChI is InChI=1S/C19H28N2O2S/c1-2-24-18-9-8-15(12-18)20-16-10-17(11-16)21-19(22)23-13-14-6-4-3-5-7-14/h3-7,15-18,20H,2,8-13H2,1H3,(H,21,22). The van der Waals surface area contributed by atoms with Gasteiger partial charge in [-0.25, -0.2) is 4.79 Å². The van der Waals surface area contributed by atoms with Gasteiger partial charge in [0, 0.05) is 23.4 Å². The van der Waals surface area contributed by atoms with Crippen LogP contribution in [0.4, 0.5) is 4.79 Å². The molecule has 0 radical (unpaired) electrons. The van der Waals surface area contributed by atoms with Crippen molar-refractivity contribution in [1.29, 1.82) is 0 Å². The fraction of sp³-hybridized carbons (Fsp3) is 0.632. The van der Waals surface area contributed by atoms with Gasteiger partial charge in [-0.15, -0.1) is 0 Å². The van der Waals surface area contributed by atoms with E-state index in [9.17, 15) is 4.79 Å². The zero-order chi connectivity index (χ0) is 16.8. The molecule has 1 amide bonds. The molecule has 0 bridgehead atoms. The Hall–Kier alpha value is -1.20. The number of thioether (sulfide) groups is 1. The zero-order valence-electron chi connectivity index (χ0n) is 14.4. The number of alkyl carbamates (subject to hydrolysis) is 1. The van der Waals surface area contributed by atoms with Crippen molar-refractivity contribution in [2.24, 2.45) is 0 Å². The number of hydrogen-bond acceptors (Lipinski definition) is 4. The second-order valence-electron chi connectivity index (χ2n) is 6.83. The average Bonchev–Trinajstić information content (AvgIpc) is 2.99. The summed E-state index contributed by atoms with van der Waals surface area (Å²) < 4.78 is 5.27. The summed E-state index contributed by atoms with van der Waals surface area (Å²) in [6.07, 6.45) is 5.67. The Morgan fingerprint density at radius 2 is 1.92 bits per heavy atom. The van der Waals surface area contributed by atoms with E-state index in [0.29, 0.717) is 18.7 Å². The van der Waals surface area contributed by atoms with Crippen LogP contribution in [-0.2, 0) is 11.3 Å². The number of amides is 1. The molecule has 2 fully saturated rings. The molecule has 132 valence electrons. The third-order valence-electron chi connectivity index (χ3n) is 4.93. The fourth-order valence-electron chi connectivity index (χ4n) is 3.62. The Bertz CT molecular complexity index is 519. The predicted octanol–water partition coefficient (Wildman–Crippen LogP) is 3.71. The predicted molar refractivity (Wildman–Crippen MR) is 99.3 cm³/mol. The van der Waals surface area contributed by atoms with Crippen LogP contribution < -0.4 is 10.6 Å². The smallest absolute Gasteiger partial charge is 0.407 e. The molecule has 2 atom stereocenters. The first-order valence-electron chi connectivity index (χ1n) is 9.07. The first kappa shape index (κ1) is 17.6. The van der Waals surface area contributed by atoms with Gasteiger partial charge in [-0.2, -0.15) is 11.8 Å². The number of carbonyl (C=O) groups is 1. The summed E-state index contributed by atoms with van der Waals surface area (Å²) in [5.74, 6) is 1.22. The van der Waals surface area contributed by atoms with Crippen LogP contribution in [-0.4, -0.2) is 35.2 Å². The molecule has 0 saturated heterocycles. The molecule has 1 aromatic carbocycles. The molecule has 4 nitrogen and oxygen atoms in total. The van der Waals surface area contributed by atoms with E-state index in [4.69, 9.17) is 4.74 Å². The Kier molecular flexibility index (Phi) is 6.44. The van der Waals surface area contributed by atoms with Crippen molar-refractivity contribution < 1.29 is 9.53 Å². The highest BCUT2D eigenvalue weighted by Crippen LogP contribution is 2.31. The van der Waals surface area contributed by atoms with Gasteiger partial charge in [0.25, 0.3) is 0 Å². The normalized spacial score (nSPS) is 29.0. The van der Waals surface area contributed by atoms with Crippen molar-refractivity contribution in [1.82, 2.24) is 10.6 Å². The first-order chi connectivity index (χ1) is 11.7. The second kappa shape index (κ2) is 8.77. The molecule has 24 heavy (non-hydrogen) atoms. The van der Waals surface area contributed by atoms with Crippen LogP contribution in [0.1, 0.15) is 44.6 Å². The molecule has 1 aromatic rings. The summed E-state index contributed by atoms with van der Waals surface area (Å²) in [6.45, 7) is 2.57. The van der Waals surface area contributed by atoms with E-state index < -0.39 is 0 Å². The van der Waals surface area contributed by atoms with Gasteiger partial charge < -0.3 is 15.4 Å². The van der Waals surface area contributed by atoms with Gasteiger partial charge in [0.2, 0.25) is 0 Å². The maximum atomic E-state index is 11.8. The van der Waals surface area contributed by atoms with Crippen molar-refractivity contribution in [3.63, 3.8) is 0 Å². The molecule has 2 unspecified atom stereocenters. The van der Waals surface area contributed by atoms with Crippen LogP contribution in [0.25, 0.3) is 0 Å². The molecule has 0 aromatic heterocycles.